The molecule has 0 saturated carbocycles. The lowest BCUT2D eigenvalue weighted by atomic mass is 10.2. The fourth-order valence-corrected chi connectivity index (χ4v) is 2.99. The number of nitrogens with one attached hydrogen (secondary N) is 1. The van der Waals surface area contributed by atoms with Crippen LogP contribution < -0.4 is 16.6 Å². The van der Waals surface area contributed by atoms with E-state index in [4.69, 9.17) is 16.3 Å². The Kier molecular flexibility index (Phi) is 5.15. The monoisotopic (exact) mass is 377 g/mol. The number of imidazole rings is 1. The van der Waals surface area contributed by atoms with Gasteiger partial charge in [-0.15, -0.1) is 0 Å². The molecule has 0 amide bonds. The fraction of sp³-hybridized carbons (Fsp3) is 0.353. The number of anilines is 1. The van der Waals surface area contributed by atoms with Crippen molar-refractivity contribution in [2.45, 2.75) is 6.54 Å². The van der Waals surface area contributed by atoms with Crippen LogP contribution in [-0.2, 0) is 25.4 Å². The van der Waals surface area contributed by atoms with Gasteiger partial charge in [0.25, 0.3) is 5.56 Å². The first-order valence-corrected chi connectivity index (χ1v) is 8.46. The molecule has 3 aromatic rings. The molecule has 0 fully saturated rings. The molecule has 0 aliphatic rings. The Morgan fingerprint density at radius 1 is 1.19 bits per heavy atom. The first kappa shape index (κ1) is 18.2. The normalized spacial score (nSPS) is 11.2. The van der Waals surface area contributed by atoms with Crippen molar-refractivity contribution < 1.29 is 4.74 Å². The molecule has 138 valence electrons. The number of nitrogens with zero attached hydrogens (tertiary/aromatic N) is 4. The molecular formula is C17H20ClN5O3. The molecule has 0 radical (unpaired) electrons. The molecule has 1 N–H and O–H groups in total. The molecule has 26 heavy (non-hydrogen) atoms. The van der Waals surface area contributed by atoms with Crippen molar-refractivity contribution >= 4 is 28.7 Å². The first-order chi connectivity index (χ1) is 12.5. The highest BCUT2D eigenvalue weighted by atomic mass is 35.5. The van der Waals surface area contributed by atoms with E-state index >= 15 is 0 Å². The van der Waals surface area contributed by atoms with E-state index in [1.807, 2.05) is 18.2 Å². The fourth-order valence-electron chi connectivity index (χ4n) is 2.80. The van der Waals surface area contributed by atoms with Gasteiger partial charge < -0.3 is 10.1 Å². The van der Waals surface area contributed by atoms with Gasteiger partial charge in [-0.3, -0.25) is 18.5 Å². The molecule has 0 saturated heterocycles. The van der Waals surface area contributed by atoms with Crippen molar-refractivity contribution in [2.75, 3.05) is 25.6 Å². The van der Waals surface area contributed by atoms with E-state index < -0.39 is 11.2 Å². The lowest BCUT2D eigenvalue weighted by Gasteiger charge is -2.12. The number of aryl methyl sites for hydroxylation is 1. The summed E-state index contributed by atoms with van der Waals surface area (Å²) in [6.45, 7) is 1.34. The summed E-state index contributed by atoms with van der Waals surface area (Å²) in [4.78, 5) is 29.4. The number of aromatic nitrogens is 4. The number of halogens is 1. The predicted molar refractivity (Wildman–Crippen MR) is 101 cm³/mol. The Hall–Kier alpha value is -2.58. The van der Waals surface area contributed by atoms with Gasteiger partial charge in [0.1, 0.15) is 0 Å². The van der Waals surface area contributed by atoms with E-state index in [1.54, 1.807) is 24.8 Å². The first-order valence-electron chi connectivity index (χ1n) is 8.08. The highest BCUT2D eigenvalue weighted by Crippen LogP contribution is 2.21. The molecule has 0 unspecified atom stereocenters. The highest BCUT2D eigenvalue weighted by Gasteiger charge is 2.19. The van der Waals surface area contributed by atoms with E-state index in [0.29, 0.717) is 41.8 Å². The maximum Gasteiger partial charge on any atom is 0.332 e. The molecular weight excluding hydrogens is 358 g/mol. The molecule has 2 aromatic heterocycles. The number of ether oxygens (including phenoxy) is 1. The summed E-state index contributed by atoms with van der Waals surface area (Å²) >= 11 is 6.29. The SMILES string of the molecule is COCCNc1nc2c(c(=O)n(C)c(=O)n2C)n1Cc1ccccc1Cl. The Morgan fingerprint density at radius 3 is 2.62 bits per heavy atom. The zero-order chi connectivity index (χ0) is 18.8. The van der Waals surface area contributed by atoms with Crippen molar-refractivity contribution in [3.05, 3.63) is 55.7 Å². The summed E-state index contributed by atoms with van der Waals surface area (Å²) in [7, 11) is 4.65. The van der Waals surface area contributed by atoms with Crippen LogP contribution in [0, 0.1) is 0 Å². The van der Waals surface area contributed by atoms with Gasteiger partial charge in [0, 0.05) is 32.8 Å². The Labute approximate surface area is 154 Å². The second kappa shape index (κ2) is 7.35. The molecule has 0 aliphatic heterocycles. The quantitative estimate of drug-likeness (QED) is 0.652. The Bertz CT molecular complexity index is 1070. The average Bonchev–Trinajstić information content (AvgIpc) is 2.99. The number of hydrogen-bond acceptors (Lipinski definition) is 5. The number of rotatable bonds is 6. The van der Waals surface area contributed by atoms with Gasteiger partial charge >= 0.3 is 5.69 Å². The molecule has 8 nitrogen and oxygen atoms in total. The second-order valence-electron chi connectivity index (χ2n) is 5.91. The lowest BCUT2D eigenvalue weighted by molar-refractivity contribution is 0.210. The van der Waals surface area contributed by atoms with Crippen LogP contribution in [0.3, 0.4) is 0 Å². The van der Waals surface area contributed by atoms with Crippen molar-refractivity contribution in [2.24, 2.45) is 14.1 Å². The predicted octanol–water partition coefficient (Wildman–Crippen LogP) is 1.19. The van der Waals surface area contributed by atoms with Crippen LogP contribution in [0.25, 0.3) is 11.2 Å². The summed E-state index contributed by atoms with van der Waals surface area (Å²) in [5.41, 5.74) is 0.689. The van der Waals surface area contributed by atoms with Gasteiger partial charge in [-0.1, -0.05) is 29.8 Å². The maximum absolute atomic E-state index is 12.7. The summed E-state index contributed by atoms with van der Waals surface area (Å²) in [5, 5.41) is 3.75. The van der Waals surface area contributed by atoms with E-state index in [1.165, 1.54) is 11.6 Å². The summed E-state index contributed by atoms with van der Waals surface area (Å²) in [6, 6.07) is 7.41. The minimum absolute atomic E-state index is 0.324. The third kappa shape index (κ3) is 3.13. The van der Waals surface area contributed by atoms with Crippen molar-refractivity contribution in [3.8, 4) is 0 Å². The molecule has 2 heterocycles. The van der Waals surface area contributed by atoms with Gasteiger partial charge in [0.05, 0.1) is 13.2 Å². The van der Waals surface area contributed by atoms with Crippen LogP contribution in [-0.4, -0.2) is 38.9 Å². The minimum atomic E-state index is -0.423. The van der Waals surface area contributed by atoms with Crippen LogP contribution in [0.15, 0.2) is 33.9 Å². The third-order valence-electron chi connectivity index (χ3n) is 4.22. The molecule has 9 heteroatoms. The Morgan fingerprint density at radius 2 is 1.92 bits per heavy atom. The minimum Gasteiger partial charge on any atom is -0.383 e. The van der Waals surface area contributed by atoms with Crippen LogP contribution in [0.4, 0.5) is 5.95 Å². The summed E-state index contributed by atoms with van der Waals surface area (Å²) < 4.78 is 9.24. The van der Waals surface area contributed by atoms with E-state index in [9.17, 15) is 9.59 Å². The van der Waals surface area contributed by atoms with E-state index in [-0.39, 0.29) is 0 Å². The van der Waals surface area contributed by atoms with Crippen LogP contribution in [0.1, 0.15) is 5.56 Å². The van der Waals surface area contributed by atoms with Crippen LogP contribution in [0.5, 0.6) is 0 Å². The average molecular weight is 378 g/mol. The maximum atomic E-state index is 12.7. The highest BCUT2D eigenvalue weighted by molar-refractivity contribution is 6.31. The standard InChI is InChI=1S/C17H20ClN5O3/c1-21-14-13(15(24)22(2)17(21)25)23(16(20-14)19-8-9-26-3)10-11-6-4-5-7-12(11)18/h4-7H,8-10H2,1-3H3,(H,19,20). The number of fused-ring (bicyclic) bond motifs is 1. The van der Waals surface area contributed by atoms with E-state index in [2.05, 4.69) is 10.3 Å². The Balaban J connectivity index is 2.23. The van der Waals surface area contributed by atoms with Gasteiger partial charge in [0.15, 0.2) is 11.2 Å². The number of methoxy groups -OCH3 is 1. The molecule has 0 bridgehead atoms. The van der Waals surface area contributed by atoms with Crippen molar-refractivity contribution in [1.82, 2.24) is 18.7 Å². The third-order valence-corrected chi connectivity index (χ3v) is 4.59. The zero-order valence-electron chi connectivity index (χ0n) is 14.8. The zero-order valence-corrected chi connectivity index (χ0v) is 15.6. The molecule has 1 aromatic carbocycles. The smallest absolute Gasteiger partial charge is 0.332 e. The molecule has 0 atom stereocenters. The summed E-state index contributed by atoms with van der Waals surface area (Å²) in [5.74, 6) is 0.482. The summed E-state index contributed by atoms with van der Waals surface area (Å²) in [6.07, 6.45) is 0. The van der Waals surface area contributed by atoms with Gasteiger partial charge in [-0.05, 0) is 11.6 Å². The van der Waals surface area contributed by atoms with Crippen molar-refractivity contribution in [1.29, 1.82) is 0 Å². The second-order valence-corrected chi connectivity index (χ2v) is 6.32. The topological polar surface area (TPSA) is 83.1 Å². The van der Waals surface area contributed by atoms with Gasteiger partial charge in [-0.2, -0.15) is 4.98 Å². The molecule has 3 rings (SSSR count). The van der Waals surface area contributed by atoms with Gasteiger partial charge in [-0.25, -0.2) is 4.79 Å². The van der Waals surface area contributed by atoms with E-state index in [0.717, 1.165) is 10.1 Å². The largest absolute Gasteiger partial charge is 0.383 e. The number of hydrogen-bond donors (Lipinski definition) is 1. The van der Waals surface area contributed by atoms with Crippen LogP contribution >= 0.6 is 11.6 Å². The lowest BCUT2D eigenvalue weighted by Crippen LogP contribution is -2.37. The molecule has 0 spiro atoms. The van der Waals surface area contributed by atoms with Gasteiger partial charge in [0.2, 0.25) is 5.95 Å². The molecule has 0 aliphatic carbocycles. The van der Waals surface area contributed by atoms with Crippen LogP contribution in [0.2, 0.25) is 5.02 Å². The number of benzene rings is 1. The van der Waals surface area contributed by atoms with Crippen molar-refractivity contribution in [3.63, 3.8) is 0 Å².